The summed E-state index contributed by atoms with van der Waals surface area (Å²) in [7, 11) is 1.69. The third-order valence-corrected chi connectivity index (χ3v) is 3.02. The molecule has 0 bridgehead atoms. The van der Waals surface area contributed by atoms with Gasteiger partial charge in [-0.05, 0) is 55.3 Å². The second kappa shape index (κ2) is 5.40. The van der Waals surface area contributed by atoms with Crippen molar-refractivity contribution >= 4 is 10.8 Å². The van der Waals surface area contributed by atoms with E-state index in [4.69, 9.17) is 9.47 Å². The molecule has 1 atom stereocenters. The predicted octanol–water partition coefficient (Wildman–Crippen LogP) is 4.33. The number of benzene rings is 2. The highest BCUT2D eigenvalue weighted by Crippen LogP contribution is 2.26. The topological polar surface area (TPSA) is 18.5 Å². The van der Waals surface area contributed by atoms with E-state index in [9.17, 15) is 0 Å². The zero-order chi connectivity index (χ0) is 13.1. The minimum atomic E-state index is 0.122. The molecule has 0 aliphatic rings. The summed E-state index contributed by atoms with van der Waals surface area (Å²) in [6.45, 7) is 6.20. The second-order valence-electron chi connectivity index (χ2n) is 4.80. The van der Waals surface area contributed by atoms with Gasteiger partial charge >= 0.3 is 0 Å². The second-order valence-corrected chi connectivity index (χ2v) is 4.80. The Morgan fingerprint density at radius 1 is 0.889 bits per heavy atom. The Labute approximate surface area is 109 Å². The summed E-state index contributed by atoms with van der Waals surface area (Å²) >= 11 is 0. The van der Waals surface area contributed by atoms with Gasteiger partial charge < -0.3 is 9.47 Å². The van der Waals surface area contributed by atoms with Crippen LogP contribution in [0.3, 0.4) is 0 Å². The fourth-order valence-electron chi connectivity index (χ4n) is 2.11. The Kier molecular flexibility index (Phi) is 3.87. The molecule has 0 heterocycles. The molecule has 2 aromatic rings. The summed E-state index contributed by atoms with van der Waals surface area (Å²) in [5.74, 6) is 0.890. The molecular formula is C16H20O2. The summed E-state index contributed by atoms with van der Waals surface area (Å²) in [6.07, 6.45) is 0.364. The van der Waals surface area contributed by atoms with Crippen LogP contribution in [0.5, 0.6) is 5.75 Å². The molecule has 2 aromatic carbocycles. The van der Waals surface area contributed by atoms with E-state index in [0.717, 1.165) is 5.75 Å². The van der Waals surface area contributed by atoms with Gasteiger partial charge in [-0.1, -0.05) is 18.2 Å². The fourth-order valence-corrected chi connectivity index (χ4v) is 2.11. The molecule has 0 N–H and O–H groups in total. The number of hydrogen-bond acceptors (Lipinski definition) is 2. The van der Waals surface area contributed by atoms with Crippen LogP contribution in [0.15, 0.2) is 36.4 Å². The molecule has 1 unspecified atom stereocenters. The molecule has 0 saturated heterocycles. The van der Waals surface area contributed by atoms with Crippen LogP contribution in [0.25, 0.3) is 10.8 Å². The molecule has 0 radical (unpaired) electrons. The van der Waals surface area contributed by atoms with Crippen molar-refractivity contribution in [1.29, 1.82) is 0 Å². The molecule has 0 aromatic heterocycles. The van der Waals surface area contributed by atoms with Crippen molar-refractivity contribution in [3.05, 3.63) is 42.0 Å². The average molecular weight is 244 g/mol. The summed E-state index contributed by atoms with van der Waals surface area (Å²) in [5, 5.41) is 2.40. The number of ether oxygens (including phenoxy) is 2. The third kappa shape index (κ3) is 2.82. The van der Waals surface area contributed by atoms with E-state index >= 15 is 0 Å². The smallest absolute Gasteiger partial charge is 0.119 e. The standard InChI is InChI=1S/C16H20O2/c1-11(2)18-12(3)13-5-6-15-10-16(17-4)8-7-14(15)9-13/h5-12H,1-4H3. The normalized spacial score (nSPS) is 12.9. The van der Waals surface area contributed by atoms with E-state index in [1.54, 1.807) is 7.11 Å². The van der Waals surface area contributed by atoms with E-state index in [0.29, 0.717) is 0 Å². The Balaban J connectivity index is 2.33. The number of hydrogen-bond donors (Lipinski definition) is 0. The van der Waals surface area contributed by atoms with E-state index in [-0.39, 0.29) is 12.2 Å². The highest BCUT2D eigenvalue weighted by molar-refractivity contribution is 5.84. The quantitative estimate of drug-likeness (QED) is 0.796. The van der Waals surface area contributed by atoms with Gasteiger partial charge in [0.2, 0.25) is 0 Å². The molecule has 0 aliphatic heterocycles. The number of fused-ring (bicyclic) bond motifs is 1. The largest absolute Gasteiger partial charge is 0.497 e. The first-order valence-electron chi connectivity index (χ1n) is 6.33. The van der Waals surface area contributed by atoms with E-state index < -0.39 is 0 Å². The Bertz CT molecular complexity index is 532. The van der Waals surface area contributed by atoms with Crippen molar-refractivity contribution in [3.8, 4) is 5.75 Å². The minimum absolute atomic E-state index is 0.122. The van der Waals surface area contributed by atoms with Crippen LogP contribution >= 0.6 is 0 Å². The molecule has 0 amide bonds. The van der Waals surface area contributed by atoms with Gasteiger partial charge in [0.25, 0.3) is 0 Å². The Morgan fingerprint density at radius 2 is 1.56 bits per heavy atom. The van der Waals surface area contributed by atoms with Crippen LogP contribution in [-0.2, 0) is 4.74 Å². The van der Waals surface area contributed by atoms with Crippen LogP contribution in [0, 0.1) is 0 Å². The van der Waals surface area contributed by atoms with Crippen molar-refractivity contribution in [2.75, 3.05) is 7.11 Å². The summed E-state index contributed by atoms with van der Waals surface area (Å²) in [4.78, 5) is 0. The van der Waals surface area contributed by atoms with Crippen LogP contribution in [0.2, 0.25) is 0 Å². The van der Waals surface area contributed by atoms with E-state index in [2.05, 4.69) is 45.0 Å². The van der Waals surface area contributed by atoms with Crippen molar-refractivity contribution in [3.63, 3.8) is 0 Å². The lowest BCUT2D eigenvalue weighted by Crippen LogP contribution is -2.07. The summed E-state index contributed by atoms with van der Waals surface area (Å²) in [6, 6.07) is 12.5. The molecule has 2 rings (SSSR count). The van der Waals surface area contributed by atoms with Gasteiger partial charge in [0.05, 0.1) is 19.3 Å². The Hall–Kier alpha value is -1.54. The first-order valence-corrected chi connectivity index (χ1v) is 6.33. The third-order valence-electron chi connectivity index (χ3n) is 3.02. The monoisotopic (exact) mass is 244 g/mol. The van der Waals surface area contributed by atoms with Gasteiger partial charge in [-0.2, -0.15) is 0 Å². The van der Waals surface area contributed by atoms with Crippen molar-refractivity contribution in [2.45, 2.75) is 33.0 Å². The molecule has 2 heteroatoms. The molecule has 0 aliphatic carbocycles. The van der Waals surface area contributed by atoms with E-state index in [1.807, 2.05) is 12.1 Å². The lowest BCUT2D eigenvalue weighted by atomic mass is 10.0. The highest BCUT2D eigenvalue weighted by atomic mass is 16.5. The first kappa shape index (κ1) is 12.9. The molecule has 96 valence electrons. The molecule has 0 spiro atoms. The molecule has 0 saturated carbocycles. The van der Waals surface area contributed by atoms with Crippen LogP contribution in [0.1, 0.15) is 32.4 Å². The highest BCUT2D eigenvalue weighted by Gasteiger charge is 2.08. The molecule has 0 fully saturated rings. The van der Waals surface area contributed by atoms with Crippen LogP contribution in [0.4, 0.5) is 0 Å². The predicted molar refractivity (Wildman–Crippen MR) is 75.1 cm³/mol. The van der Waals surface area contributed by atoms with E-state index in [1.165, 1.54) is 16.3 Å². The number of rotatable bonds is 4. The van der Waals surface area contributed by atoms with Gasteiger partial charge in [-0.15, -0.1) is 0 Å². The maximum atomic E-state index is 5.81. The van der Waals surface area contributed by atoms with Crippen LogP contribution in [-0.4, -0.2) is 13.2 Å². The van der Waals surface area contributed by atoms with Gasteiger partial charge in [0.15, 0.2) is 0 Å². The van der Waals surface area contributed by atoms with Crippen molar-refractivity contribution < 1.29 is 9.47 Å². The zero-order valence-corrected chi connectivity index (χ0v) is 11.4. The van der Waals surface area contributed by atoms with Gasteiger partial charge in [0.1, 0.15) is 5.75 Å². The number of methoxy groups -OCH3 is 1. The SMILES string of the molecule is COc1ccc2cc(C(C)OC(C)C)ccc2c1. The van der Waals surface area contributed by atoms with Crippen LogP contribution < -0.4 is 4.74 Å². The lowest BCUT2D eigenvalue weighted by molar-refractivity contribution is 0.0179. The first-order chi connectivity index (χ1) is 8.60. The Morgan fingerprint density at radius 3 is 2.22 bits per heavy atom. The molecular weight excluding hydrogens is 224 g/mol. The average Bonchev–Trinajstić information content (AvgIpc) is 2.36. The minimum Gasteiger partial charge on any atom is -0.497 e. The summed E-state index contributed by atoms with van der Waals surface area (Å²) in [5.41, 5.74) is 1.21. The van der Waals surface area contributed by atoms with Gasteiger partial charge in [-0.3, -0.25) is 0 Å². The van der Waals surface area contributed by atoms with Crippen molar-refractivity contribution in [1.82, 2.24) is 0 Å². The van der Waals surface area contributed by atoms with Gasteiger partial charge in [0, 0.05) is 0 Å². The van der Waals surface area contributed by atoms with Crippen molar-refractivity contribution in [2.24, 2.45) is 0 Å². The molecule has 18 heavy (non-hydrogen) atoms. The summed E-state index contributed by atoms with van der Waals surface area (Å²) < 4.78 is 11.0. The lowest BCUT2D eigenvalue weighted by Gasteiger charge is -2.17. The fraction of sp³-hybridized carbons (Fsp3) is 0.375. The maximum absolute atomic E-state index is 5.81. The zero-order valence-electron chi connectivity index (χ0n) is 11.4. The van der Waals surface area contributed by atoms with Gasteiger partial charge in [-0.25, -0.2) is 0 Å². The maximum Gasteiger partial charge on any atom is 0.119 e. The molecule has 2 nitrogen and oxygen atoms in total.